The van der Waals surface area contributed by atoms with Crippen molar-refractivity contribution in [1.82, 2.24) is 0 Å². The van der Waals surface area contributed by atoms with Crippen LogP contribution in [0.5, 0.6) is 5.75 Å². The summed E-state index contributed by atoms with van der Waals surface area (Å²) in [4.78, 5) is 0. The van der Waals surface area contributed by atoms with Crippen LogP contribution in [0, 0.1) is 0 Å². The standard InChI is InChI=1S/C13H6Cl4O2/c1-18-12-8(16)3-9(17)13-11(12)5-2-6(14)7(15)4-10(5)19-13/h2-4H,1H3. The number of ether oxygens (including phenoxy) is 1. The van der Waals surface area contributed by atoms with Crippen molar-refractivity contribution >= 4 is 68.3 Å². The average molecular weight is 336 g/mol. The van der Waals surface area contributed by atoms with Gasteiger partial charge in [-0.05, 0) is 12.1 Å². The summed E-state index contributed by atoms with van der Waals surface area (Å²) in [6, 6.07) is 4.93. The first-order chi connectivity index (χ1) is 9.02. The Hall–Kier alpha value is -0.800. The highest BCUT2D eigenvalue weighted by Crippen LogP contribution is 2.45. The van der Waals surface area contributed by atoms with Gasteiger partial charge in [-0.3, -0.25) is 0 Å². The number of furan rings is 1. The van der Waals surface area contributed by atoms with Gasteiger partial charge in [-0.2, -0.15) is 0 Å². The molecular formula is C13H6Cl4O2. The second-order valence-electron chi connectivity index (χ2n) is 3.94. The molecule has 0 aliphatic rings. The molecule has 0 amide bonds. The molecule has 3 aromatic rings. The van der Waals surface area contributed by atoms with Gasteiger partial charge in [0.05, 0.1) is 32.6 Å². The molecule has 19 heavy (non-hydrogen) atoms. The molecular weight excluding hydrogens is 330 g/mol. The topological polar surface area (TPSA) is 22.4 Å². The predicted octanol–water partition coefficient (Wildman–Crippen LogP) is 6.21. The normalized spacial score (nSPS) is 11.4. The van der Waals surface area contributed by atoms with Gasteiger partial charge in [-0.25, -0.2) is 0 Å². The average Bonchev–Trinajstić information content (AvgIpc) is 2.70. The zero-order chi connectivity index (χ0) is 13.7. The van der Waals surface area contributed by atoms with Gasteiger partial charge in [-0.1, -0.05) is 46.4 Å². The summed E-state index contributed by atoms with van der Waals surface area (Å²) in [6.45, 7) is 0. The Bertz CT molecular complexity index is 808. The lowest BCUT2D eigenvalue weighted by Gasteiger charge is -2.05. The molecule has 2 nitrogen and oxygen atoms in total. The fourth-order valence-corrected chi connectivity index (χ4v) is 2.94. The van der Waals surface area contributed by atoms with Crippen LogP contribution >= 0.6 is 46.4 Å². The van der Waals surface area contributed by atoms with Gasteiger partial charge in [0.25, 0.3) is 0 Å². The number of benzene rings is 2. The second-order valence-corrected chi connectivity index (χ2v) is 5.57. The number of hydrogen-bond donors (Lipinski definition) is 0. The van der Waals surface area contributed by atoms with Crippen molar-refractivity contribution in [2.24, 2.45) is 0 Å². The lowest BCUT2D eigenvalue weighted by atomic mass is 10.1. The molecule has 0 spiro atoms. The SMILES string of the molecule is COc1c(Cl)cc(Cl)c2oc3cc(Cl)c(Cl)cc3c12. The van der Waals surface area contributed by atoms with E-state index < -0.39 is 0 Å². The minimum atomic E-state index is 0.407. The number of rotatable bonds is 1. The quantitative estimate of drug-likeness (QED) is 0.527. The van der Waals surface area contributed by atoms with Crippen LogP contribution in [-0.2, 0) is 0 Å². The van der Waals surface area contributed by atoms with E-state index in [1.807, 2.05) is 0 Å². The summed E-state index contributed by atoms with van der Waals surface area (Å²) in [6.07, 6.45) is 0. The Kier molecular flexibility index (Phi) is 3.22. The van der Waals surface area contributed by atoms with Crippen molar-refractivity contribution < 1.29 is 9.15 Å². The van der Waals surface area contributed by atoms with Gasteiger partial charge in [0.2, 0.25) is 0 Å². The predicted molar refractivity (Wildman–Crippen MR) is 80.3 cm³/mol. The summed E-state index contributed by atoms with van der Waals surface area (Å²) in [5.41, 5.74) is 1.07. The highest BCUT2D eigenvalue weighted by molar-refractivity contribution is 6.44. The fourth-order valence-electron chi connectivity index (χ4n) is 2.05. The Balaban J connectivity index is 2.59. The van der Waals surface area contributed by atoms with Crippen LogP contribution < -0.4 is 4.74 Å². The third-order valence-electron chi connectivity index (χ3n) is 2.85. The van der Waals surface area contributed by atoms with Crippen molar-refractivity contribution in [3.05, 3.63) is 38.3 Å². The Morgan fingerprint density at radius 2 is 1.58 bits per heavy atom. The monoisotopic (exact) mass is 334 g/mol. The van der Waals surface area contributed by atoms with Gasteiger partial charge in [-0.15, -0.1) is 0 Å². The summed E-state index contributed by atoms with van der Waals surface area (Å²) >= 11 is 24.3. The van der Waals surface area contributed by atoms with E-state index in [1.165, 1.54) is 7.11 Å². The van der Waals surface area contributed by atoms with E-state index >= 15 is 0 Å². The molecule has 3 rings (SSSR count). The van der Waals surface area contributed by atoms with Crippen molar-refractivity contribution in [2.75, 3.05) is 7.11 Å². The van der Waals surface area contributed by atoms with Gasteiger partial charge < -0.3 is 9.15 Å². The molecule has 0 radical (unpaired) electrons. The summed E-state index contributed by atoms with van der Waals surface area (Å²) in [5, 5.41) is 3.10. The van der Waals surface area contributed by atoms with Crippen molar-refractivity contribution in [3.8, 4) is 5.75 Å². The fraction of sp³-hybridized carbons (Fsp3) is 0.0769. The molecule has 0 N–H and O–H groups in total. The van der Waals surface area contributed by atoms with Crippen LogP contribution in [0.4, 0.5) is 0 Å². The number of halogens is 4. The number of fused-ring (bicyclic) bond motifs is 3. The number of methoxy groups -OCH3 is 1. The lowest BCUT2D eigenvalue weighted by Crippen LogP contribution is -1.85. The van der Waals surface area contributed by atoms with Crippen LogP contribution in [0.15, 0.2) is 22.6 Å². The molecule has 0 aliphatic carbocycles. The minimum absolute atomic E-state index is 0.407. The van der Waals surface area contributed by atoms with Crippen LogP contribution in [0.25, 0.3) is 21.9 Å². The molecule has 0 unspecified atom stereocenters. The van der Waals surface area contributed by atoms with Crippen LogP contribution in [0.1, 0.15) is 0 Å². The minimum Gasteiger partial charge on any atom is -0.494 e. The Morgan fingerprint density at radius 1 is 0.895 bits per heavy atom. The van der Waals surface area contributed by atoms with E-state index in [4.69, 9.17) is 55.6 Å². The molecule has 0 bridgehead atoms. The van der Waals surface area contributed by atoms with Gasteiger partial charge in [0, 0.05) is 11.5 Å². The largest absolute Gasteiger partial charge is 0.494 e. The molecule has 1 heterocycles. The Labute approximate surface area is 128 Å². The molecule has 1 aromatic heterocycles. The second kappa shape index (κ2) is 4.64. The molecule has 0 saturated carbocycles. The van der Waals surface area contributed by atoms with Gasteiger partial charge in [0.15, 0.2) is 5.58 Å². The molecule has 0 saturated heterocycles. The summed E-state index contributed by atoms with van der Waals surface area (Å²) in [5.74, 6) is 0.498. The van der Waals surface area contributed by atoms with Gasteiger partial charge in [0.1, 0.15) is 11.3 Å². The highest BCUT2D eigenvalue weighted by atomic mass is 35.5. The van der Waals surface area contributed by atoms with E-state index in [9.17, 15) is 0 Å². The lowest BCUT2D eigenvalue weighted by molar-refractivity contribution is 0.420. The molecule has 0 fully saturated rings. The first-order valence-electron chi connectivity index (χ1n) is 5.26. The van der Waals surface area contributed by atoms with E-state index in [2.05, 4.69) is 0 Å². The van der Waals surface area contributed by atoms with E-state index in [1.54, 1.807) is 18.2 Å². The third kappa shape index (κ3) is 1.95. The van der Waals surface area contributed by atoms with Crippen LogP contribution in [0.2, 0.25) is 20.1 Å². The Morgan fingerprint density at radius 3 is 2.26 bits per heavy atom. The highest BCUT2D eigenvalue weighted by Gasteiger charge is 2.19. The smallest absolute Gasteiger partial charge is 0.157 e. The van der Waals surface area contributed by atoms with Crippen molar-refractivity contribution in [1.29, 1.82) is 0 Å². The molecule has 6 heteroatoms. The first-order valence-corrected chi connectivity index (χ1v) is 6.77. The molecule has 2 aromatic carbocycles. The maximum atomic E-state index is 6.14. The van der Waals surface area contributed by atoms with Crippen LogP contribution in [-0.4, -0.2) is 7.11 Å². The van der Waals surface area contributed by atoms with E-state index in [0.29, 0.717) is 42.4 Å². The van der Waals surface area contributed by atoms with Gasteiger partial charge >= 0.3 is 0 Å². The zero-order valence-corrected chi connectivity index (χ0v) is 12.6. The summed E-state index contributed by atoms with van der Waals surface area (Å²) in [7, 11) is 1.53. The first kappa shape index (κ1) is 13.2. The van der Waals surface area contributed by atoms with E-state index in [0.717, 1.165) is 5.39 Å². The zero-order valence-electron chi connectivity index (χ0n) is 9.56. The number of hydrogen-bond acceptors (Lipinski definition) is 2. The molecule has 0 atom stereocenters. The molecule has 98 valence electrons. The molecule has 0 aliphatic heterocycles. The maximum absolute atomic E-state index is 6.14. The maximum Gasteiger partial charge on any atom is 0.157 e. The van der Waals surface area contributed by atoms with E-state index in [-0.39, 0.29) is 0 Å². The van der Waals surface area contributed by atoms with Crippen molar-refractivity contribution in [3.63, 3.8) is 0 Å². The van der Waals surface area contributed by atoms with Crippen molar-refractivity contribution in [2.45, 2.75) is 0 Å². The van der Waals surface area contributed by atoms with Crippen LogP contribution in [0.3, 0.4) is 0 Å². The summed E-state index contributed by atoms with van der Waals surface area (Å²) < 4.78 is 11.0. The third-order valence-corrected chi connectivity index (χ3v) is 4.13.